The first-order valence-corrected chi connectivity index (χ1v) is 5.54. The number of aryl methyl sites for hydroxylation is 3. The molecule has 2 aromatic heterocycles. The fourth-order valence-electron chi connectivity index (χ4n) is 1.98. The normalized spacial score (nSPS) is 10.6. The Kier molecular flexibility index (Phi) is 2.78. The Bertz CT molecular complexity index is 574. The predicted octanol–water partition coefficient (Wildman–Crippen LogP) is 1.21. The van der Waals surface area contributed by atoms with Gasteiger partial charge in [0, 0.05) is 17.0 Å². The second kappa shape index (κ2) is 4.14. The number of anilines is 3. The Morgan fingerprint density at radius 2 is 1.44 bits per heavy atom. The van der Waals surface area contributed by atoms with Crippen LogP contribution in [0.2, 0.25) is 0 Å². The first-order valence-electron chi connectivity index (χ1n) is 5.54. The quantitative estimate of drug-likeness (QED) is 0.694. The SMILES string of the molecule is Cc1cc(C)c(-c2nc(N)c(N)c(N)n2)c(C)n1. The van der Waals surface area contributed by atoms with E-state index < -0.39 is 0 Å². The van der Waals surface area contributed by atoms with E-state index in [9.17, 15) is 0 Å². The van der Waals surface area contributed by atoms with Crippen LogP contribution in [0.25, 0.3) is 11.4 Å². The number of aromatic nitrogens is 3. The zero-order valence-corrected chi connectivity index (χ0v) is 10.7. The van der Waals surface area contributed by atoms with E-state index in [0.29, 0.717) is 5.82 Å². The smallest absolute Gasteiger partial charge is 0.166 e. The van der Waals surface area contributed by atoms with Crippen molar-refractivity contribution in [1.29, 1.82) is 0 Å². The minimum atomic E-state index is 0.192. The van der Waals surface area contributed by atoms with Crippen molar-refractivity contribution >= 4 is 17.3 Å². The summed E-state index contributed by atoms with van der Waals surface area (Å²) in [4.78, 5) is 12.8. The molecule has 0 saturated heterocycles. The summed E-state index contributed by atoms with van der Waals surface area (Å²) in [6.45, 7) is 5.82. The molecule has 2 heterocycles. The highest BCUT2D eigenvalue weighted by molar-refractivity contribution is 5.75. The highest BCUT2D eigenvalue weighted by Gasteiger charge is 2.14. The molecule has 0 amide bonds. The van der Waals surface area contributed by atoms with E-state index in [4.69, 9.17) is 17.2 Å². The van der Waals surface area contributed by atoms with Crippen LogP contribution in [-0.2, 0) is 0 Å². The van der Waals surface area contributed by atoms with Gasteiger partial charge in [-0.15, -0.1) is 0 Å². The number of nitrogen functional groups attached to an aromatic ring is 3. The zero-order chi connectivity index (χ0) is 13.4. The Morgan fingerprint density at radius 3 is 1.94 bits per heavy atom. The number of nitrogens with zero attached hydrogens (tertiary/aromatic N) is 3. The molecule has 0 saturated carbocycles. The molecule has 6 heteroatoms. The maximum absolute atomic E-state index is 5.71. The summed E-state index contributed by atoms with van der Waals surface area (Å²) in [5, 5.41) is 0. The van der Waals surface area contributed by atoms with E-state index in [1.807, 2.05) is 26.8 Å². The van der Waals surface area contributed by atoms with Gasteiger partial charge in [-0.1, -0.05) is 0 Å². The zero-order valence-electron chi connectivity index (χ0n) is 10.7. The van der Waals surface area contributed by atoms with Crippen molar-refractivity contribution in [3.05, 3.63) is 23.0 Å². The van der Waals surface area contributed by atoms with Gasteiger partial charge in [-0.25, -0.2) is 9.97 Å². The van der Waals surface area contributed by atoms with E-state index >= 15 is 0 Å². The summed E-state index contributed by atoms with van der Waals surface area (Å²) in [6.07, 6.45) is 0. The Balaban J connectivity index is 2.70. The average molecular weight is 244 g/mol. The van der Waals surface area contributed by atoms with Crippen LogP contribution >= 0.6 is 0 Å². The van der Waals surface area contributed by atoms with E-state index in [2.05, 4.69) is 15.0 Å². The van der Waals surface area contributed by atoms with Crippen LogP contribution in [0.1, 0.15) is 17.0 Å². The summed E-state index contributed by atoms with van der Waals surface area (Å²) in [5.74, 6) is 0.843. The Labute approximate surface area is 105 Å². The summed E-state index contributed by atoms with van der Waals surface area (Å²) < 4.78 is 0. The van der Waals surface area contributed by atoms with E-state index in [-0.39, 0.29) is 17.3 Å². The molecule has 18 heavy (non-hydrogen) atoms. The Hall–Kier alpha value is -2.37. The number of hydrogen-bond donors (Lipinski definition) is 3. The van der Waals surface area contributed by atoms with Crippen LogP contribution in [0.15, 0.2) is 6.07 Å². The maximum Gasteiger partial charge on any atom is 0.166 e. The second-order valence-electron chi connectivity index (χ2n) is 4.27. The van der Waals surface area contributed by atoms with Crippen molar-refractivity contribution < 1.29 is 0 Å². The highest BCUT2D eigenvalue weighted by Crippen LogP contribution is 2.28. The van der Waals surface area contributed by atoms with Gasteiger partial charge >= 0.3 is 0 Å². The van der Waals surface area contributed by atoms with E-state index in [1.165, 1.54) is 0 Å². The fourth-order valence-corrected chi connectivity index (χ4v) is 1.98. The topological polar surface area (TPSA) is 117 Å². The third-order valence-corrected chi connectivity index (χ3v) is 2.75. The predicted molar refractivity (Wildman–Crippen MR) is 72.7 cm³/mol. The van der Waals surface area contributed by atoms with Crippen LogP contribution in [0.3, 0.4) is 0 Å². The van der Waals surface area contributed by atoms with Crippen molar-refractivity contribution in [1.82, 2.24) is 15.0 Å². The van der Waals surface area contributed by atoms with Crippen molar-refractivity contribution in [2.45, 2.75) is 20.8 Å². The van der Waals surface area contributed by atoms with Crippen molar-refractivity contribution in [2.75, 3.05) is 17.2 Å². The van der Waals surface area contributed by atoms with Crippen LogP contribution in [-0.4, -0.2) is 15.0 Å². The summed E-state index contributed by atoms with van der Waals surface area (Å²) in [6, 6.07) is 1.97. The largest absolute Gasteiger partial charge is 0.393 e. The average Bonchev–Trinajstić information content (AvgIpc) is 2.24. The minimum Gasteiger partial charge on any atom is -0.393 e. The lowest BCUT2D eigenvalue weighted by Crippen LogP contribution is -2.08. The molecule has 6 nitrogen and oxygen atoms in total. The van der Waals surface area contributed by atoms with Gasteiger partial charge in [-0.05, 0) is 32.4 Å². The van der Waals surface area contributed by atoms with Gasteiger partial charge < -0.3 is 17.2 Å². The molecule has 0 radical (unpaired) electrons. The molecule has 0 aliphatic heterocycles. The number of rotatable bonds is 1. The van der Waals surface area contributed by atoms with E-state index in [1.54, 1.807) is 0 Å². The van der Waals surface area contributed by atoms with Gasteiger partial charge in [0.2, 0.25) is 0 Å². The van der Waals surface area contributed by atoms with Crippen molar-refractivity contribution in [3.8, 4) is 11.4 Å². The summed E-state index contributed by atoms with van der Waals surface area (Å²) >= 11 is 0. The first kappa shape index (κ1) is 12.1. The lowest BCUT2D eigenvalue weighted by Gasteiger charge is -2.11. The third kappa shape index (κ3) is 1.92. The fraction of sp³-hybridized carbons (Fsp3) is 0.250. The maximum atomic E-state index is 5.71. The highest BCUT2D eigenvalue weighted by atomic mass is 15.0. The molecular formula is C12H16N6. The van der Waals surface area contributed by atoms with Crippen LogP contribution in [0.5, 0.6) is 0 Å². The van der Waals surface area contributed by atoms with Gasteiger partial charge in [0.05, 0.1) is 0 Å². The molecule has 0 atom stereocenters. The lowest BCUT2D eigenvalue weighted by atomic mass is 10.1. The molecular weight excluding hydrogens is 228 g/mol. The number of nitrogens with two attached hydrogens (primary N) is 3. The van der Waals surface area contributed by atoms with Crippen LogP contribution < -0.4 is 17.2 Å². The third-order valence-electron chi connectivity index (χ3n) is 2.75. The molecule has 0 bridgehead atoms. The molecule has 2 rings (SSSR count). The lowest BCUT2D eigenvalue weighted by molar-refractivity contribution is 1.08. The van der Waals surface area contributed by atoms with Gasteiger partial charge in [0.1, 0.15) is 5.69 Å². The molecule has 94 valence electrons. The first-order chi connectivity index (χ1) is 8.40. The molecule has 0 unspecified atom stereocenters. The molecule has 0 aliphatic carbocycles. The summed E-state index contributed by atoms with van der Waals surface area (Å²) in [7, 11) is 0. The van der Waals surface area contributed by atoms with Gasteiger partial charge in [-0.3, -0.25) is 4.98 Å². The van der Waals surface area contributed by atoms with Crippen molar-refractivity contribution in [3.63, 3.8) is 0 Å². The number of hydrogen-bond acceptors (Lipinski definition) is 6. The molecule has 0 fully saturated rings. The van der Waals surface area contributed by atoms with Crippen molar-refractivity contribution in [2.24, 2.45) is 0 Å². The second-order valence-corrected chi connectivity index (χ2v) is 4.27. The standard InChI is InChI=1S/C12H16N6/c1-5-4-6(2)16-7(3)8(5)12-17-10(14)9(13)11(15)18-12/h4H,13H2,1-3H3,(H4,14,15,17,18). The number of pyridine rings is 1. The Morgan fingerprint density at radius 1 is 0.889 bits per heavy atom. The van der Waals surface area contributed by atoms with Crippen LogP contribution in [0, 0.1) is 20.8 Å². The molecule has 0 aliphatic rings. The molecule has 6 N–H and O–H groups in total. The van der Waals surface area contributed by atoms with Crippen LogP contribution in [0.4, 0.5) is 17.3 Å². The van der Waals surface area contributed by atoms with E-state index in [0.717, 1.165) is 22.5 Å². The minimum absolute atomic E-state index is 0.192. The molecule has 0 aromatic carbocycles. The van der Waals surface area contributed by atoms with Gasteiger partial charge in [0.15, 0.2) is 17.5 Å². The molecule has 0 spiro atoms. The monoisotopic (exact) mass is 244 g/mol. The summed E-state index contributed by atoms with van der Waals surface area (Å²) in [5.41, 5.74) is 21.0. The van der Waals surface area contributed by atoms with Gasteiger partial charge in [-0.2, -0.15) is 0 Å². The molecule has 2 aromatic rings. The van der Waals surface area contributed by atoms with Gasteiger partial charge in [0.25, 0.3) is 0 Å².